The van der Waals surface area contributed by atoms with Gasteiger partial charge in [-0.3, -0.25) is 4.79 Å². The van der Waals surface area contributed by atoms with Crippen LogP contribution >= 0.6 is 11.6 Å². The third-order valence-electron chi connectivity index (χ3n) is 3.84. The third kappa shape index (κ3) is 3.44. The molecule has 1 atom stereocenters. The standard InChI is InChI=1S/C15H20ClNO3/c1-20-13-8-4-7-11(16)14(13)15(19)17-9-12(18)10-5-2-3-6-10/h4,7-8,10,12,18H,2-3,5-6,9H2,1H3,(H,17,19). The molecule has 1 fully saturated rings. The van der Waals surface area contributed by atoms with E-state index in [-0.39, 0.29) is 12.5 Å². The Morgan fingerprint density at radius 2 is 2.20 bits per heavy atom. The van der Waals surface area contributed by atoms with Crippen molar-refractivity contribution in [1.82, 2.24) is 5.32 Å². The zero-order chi connectivity index (χ0) is 14.5. The summed E-state index contributed by atoms with van der Waals surface area (Å²) in [5.74, 6) is 0.415. The van der Waals surface area contributed by atoms with Crippen LogP contribution in [-0.4, -0.2) is 30.8 Å². The molecular weight excluding hydrogens is 278 g/mol. The molecule has 1 aromatic carbocycles. The number of hydrogen-bond donors (Lipinski definition) is 2. The Hall–Kier alpha value is -1.26. The van der Waals surface area contributed by atoms with Gasteiger partial charge in [-0.1, -0.05) is 30.5 Å². The van der Waals surface area contributed by atoms with Gasteiger partial charge in [0.05, 0.1) is 23.8 Å². The average molecular weight is 298 g/mol. The number of nitrogens with one attached hydrogen (secondary N) is 1. The highest BCUT2D eigenvalue weighted by Gasteiger charge is 2.24. The molecule has 0 aliphatic heterocycles. The van der Waals surface area contributed by atoms with Crippen LogP contribution in [0.25, 0.3) is 0 Å². The fraction of sp³-hybridized carbons (Fsp3) is 0.533. The minimum atomic E-state index is -0.491. The van der Waals surface area contributed by atoms with Gasteiger partial charge in [0.25, 0.3) is 5.91 Å². The Morgan fingerprint density at radius 1 is 1.50 bits per heavy atom. The van der Waals surface area contributed by atoms with Crippen molar-refractivity contribution in [3.8, 4) is 5.75 Å². The second-order valence-corrected chi connectivity index (χ2v) is 5.55. The van der Waals surface area contributed by atoms with Crippen LogP contribution < -0.4 is 10.1 Å². The molecule has 20 heavy (non-hydrogen) atoms. The smallest absolute Gasteiger partial charge is 0.256 e. The molecule has 0 saturated heterocycles. The monoisotopic (exact) mass is 297 g/mol. The molecular formula is C15H20ClNO3. The lowest BCUT2D eigenvalue weighted by Crippen LogP contribution is -2.35. The lowest BCUT2D eigenvalue weighted by atomic mass is 10.0. The summed E-state index contributed by atoms with van der Waals surface area (Å²) in [4.78, 5) is 12.2. The maximum absolute atomic E-state index is 12.2. The molecule has 1 saturated carbocycles. The molecule has 0 aromatic heterocycles. The summed E-state index contributed by atoms with van der Waals surface area (Å²) in [6.07, 6.45) is 3.90. The summed E-state index contributed by atoms with van der Waals surface area (Å²) in [6.45, 7) is 0.248. The second-order valence-electron chi connectivity index (χ2n) is 5.14. The number of aliphatic hydroxyl groups is 1. The van der Waals surface area contributed by atoms with Gasteiger partial charge >= 0.3 is 0 Å². The molecule has 5 heteroatoms. The van der Waals surface area contributed by atoms with E-state index in [0.717, 1.165) is 25.7 Å². The molecule has 0 radical (unpaired) electrons. The Bertz CT molecular complexity index is 472. The number of rotatable bonds is 5. The number of carbonyl (C=O) groups excluding carboxylic acids is 1. The summed E-state index contributed by atoms with van der Waals surface area (Å²) < 4.78 is 5.15. The second kappa shape index (κ2) is 6.95. The molecule has 1 aliphatic carbocycles. The van der Waals surface area contributed by atoms with Gasteiger partial charge in [-0.2, -0.15) is 0 Å². The van der Waals surface area contributed by atoms with Gasteiger partial charge in [-0.15, -0.1) is 0 Å². The number of ether oxygens (including phenoxy) is 1. The highest BCUT2D eigenvalue weighted by atomic mass is 35.5. The first-order valence-electron chi connectivity index (χ1n) is 6.92. The van der Waals surface area contributed by atoms with Gasteiger partial charge in [0.2, 0.25) is 0 Å². The third-order valence-corrected chi connectivity index (χ3v) is 4.15. The first-order valence-corrected chi connectivity index (χ1v) is 7.30. The molecule has 0 bridgehead atoms. The van der Waals surface area contributed by atoms with E-state index in [2.05, 4.69) is 5.32 Å². The molecule has 4 nitrogen and oxygen atoms in total. The van der Waals surface area contributed by atoms with Crippen LogP contribution in [0.5, 0.6) is 5.75 Å². The van der Waals surface area contributed by atoms with Crippen molar-refractivity contribution in [3.05, 3.63) is 28.8 Å². The maximum Gasteiger partial charge on any atom is 0.256 e. The lowest BCUT2D eigenvalue weighted by molar-refractivity contribution is 0.0838. The highest BCUT2D eigenvalue weighted by molar-refractivity contribution is 6.34. The molecule has 110 valence electrons. The Morgan fingerprint density at radius 3 is 2.85 bits per heavy atom. The highest BCUT2D eigenvalue weighted by Crippen LogP contribution is 2.28. The van der Waals surface area contributed by atoms with Gasteiger partial charge in [0.1, 0.15) is 5.75 Å². The average Bonchev–Trinajstić information content (AvgIpc) is 2.98. The van der Waals surface area contributed by atoms with E-state index in [9.17, 15) is 9.90 Å². The van der Waals surface area contributed by atoms with E-state index in [1.807, 2.05) is 0 Å². The van der Waals surface area contributed by atoms with Crippen LogP contribution in [0, 0.1) is 5.92 Å². The number of hydrogen-bond acceptors (Lipinski definition) is 3. The van der Waals surface area contributed by atoms with Gasteiger partial charge in [-0.25, -0.2) is 0 Å². The molecule has 1 aliphatic rings. The molecule has 1 amide bonds. The summed E-state index contributed by atoms with van der Waals surface area (Å²) in [5, 5.41) is 13.1. The summed E-state index contributed by atoms with van der Waals surface area (Å²) in [5.41, 5.74) is 0.315. The summed E-state index contributed by atoms with van der Waals surface area (Å²) in [6, 6.07) is 5.06. The minimum absolute atomic E-state index is 0.248. The van der Waals surface area contributed by atoms with E-state index in [1.165, 1.54) is 7.11 Å². The fourth-order valence-corrected chi connectivity index (χ4v) is 2.94. The van der Waals surface area contributed by atoms with Crippen molar-refractivity contribution in [1.29, 1.82) is 0 Å². The minimum Gasteiger partial charge on any atom is -0.496 e. The van der Waals surface area contributed by atoms with E-state index in [4.69, 9.17) is 16.3 Å². The van der Waals surface area contributed by atoms with E-state index in [0.29, 0.717) is 22.3 Å². The molecule has 1 aromatic rings. The van der Waals surface area contributed by atoms with E-state index < -0.39 is 6.10 Å². The van der Waals surface area contributed by atoms with Crippen molar-refractivity contribution in [2.45, 2.75) is 31.8 Å². The molecule has 2 N–H and O–H groups in total. The lowest BCUT2D eigenvalue weighted by Gasteiger charge is -2.18. The van der Waals surface area contributed by atoms with Crippen LogP contribution in [0.15, 0.2) is 18.2 Å². The maximum atomic E-state index is 12.2. The zero-order valence-electron chi connectivity index (χ0n) is 11.6. The Balaban J connectivity index is 1.98. The first kappa shape index (κ1) is 15.1. The first-order chi connectivity index (χ1) is 9.63. The van der Waals surface area contributed by atoms with E-state index >= 15 is 0 Å². The fourth-order valence-electron chi connectivity index (χ4n) is 2.69. The number of aliphatic hydroxyl groups excluding tert-OH is 1. The van der Waals surface area contributed by atoms with Gasteiger partial charge in [0, 0.05) is 6.54 Å². The van der Waals surface area contributed by atoms with Crippen LogP contribution in [-0.2, 0) is 0 Å². The predicted octanol–water partition coefficient (Wildman–Crippen LogP) is 2.63. The van der Waals surface area contributed by atoms with Gasteiger partial charge in [0.15, 0.2) is 0 Å². The SMILES string of the molecule is COc1cccc(Cl)c1C(=O)NCC(O)C1CCCC1. The Labute approximate surface area is 124 Å². The van der Waals surface area contributed by atoms with Crippen molar-refractivity contribution in [3.63, 3.8) is 0 Å². The van der Waals surface area contributed by atoms with Gasteiger partial charge in [-0.05, 0) is 30.9 Å². The molecule has 2 rings (SSSR count). The quantitative estimate of drug-likeness (QED) is 0.878. The largest absolute Gasteiger partial charge is 0.496 e. The number of carbonyl (C=O) groups is 1. The summed E-state index contributed by atoms with van der Waals surface area (Å²) >= 11 is 6.04. The van der Waals surface area contributed by atoms with Crippen molar-refractivity contribution >= 4 is 17.5 Å². The molecule has 0 spiro atoms. The number of amides is 1. The van der Waals surface area contributed by atoms with Crippen molar-refractivity contribution in [2.75, 3.05) is 13.7 Å². The van der Waals surface area contributed by atoms with Crippen LogP contribution in [0.2, 0.25) is 5.02 Å². The zero-order valence-corrected chi connectivity index (χ0v) is 12.3. The number of benzene rings is 1. The normalized spacial score (nSPS) is 16.9. The molecule has 1 unspecified atom stereocenters. The van der Waals surface area contributed by atoms with E-state index in [1.54, 1.807) is 18.2 Å². The molecule has 0 heterocycles. The van der Waals surface area contributed by atoms with Gasteiger partial charge < -0.3 is 15.2 Å². The number of methoxy groups -OCH3 is 1. The Kier molecular flexibility index (Phi) is 5.26. The predicted molar refractivity (Wildman–Crippen MR) is 78.3 cm³/mol. The van der Waals surface area contributed by atoms with Crippen LogP contribution in [0.4, 0.5) is 0 Å². The van der Waals surface area contributed by atoms with Crippen LogP contribution in [0.1, 0.15) is 36.0 Å². The van der Waals surface area contributed by atoms with Crippen molar-refractivity contribution in [2.24, 2.45) is 5.92 Å². The van der Waals surface area contributed by atoms with Crippen molar-refractivity contribution < 1.29 is 14.6 Å². The summed E-state index contributed by atoms with van der Waals surface area (Å²) in [7, 11) is 1.50. The van der Waals surface area contributed by atoms with Crippen LogP contribution in [0.3, 0.4) is 0 Å². The number of halogens is 1. The topological polar surface area (TPSA) is 58.6 Å².